The van der Waals surface area contributed by atoms with Gasteiger partial charge in [-0.1, -0.05) is 0 Å². The summed E-state index contributed by atoms with van der Waals surface area (Å²) in [6, 6.07) is -0.233. The molecule has 1 aliphatic heterocycles. The third-order valence-electron chi connectivity index (χ3n) is 2.01. The molecule has 0 spiro atoms. The van der Waals surface area contributed by atoms with E-state index in [2.05, 4.69) is 0 Å². The molecule has 0 amide bonds. The molecular weight excluding hydrogens is 146 g/mol. The van der Waals surface area contributed by atoms with Crippen LogP contribution in [0.3, 0.4) is 0 Å². The molecule has 3 N–H and O–H groups in total. The second-order valence-corrected chi connectivity index (χ2v) is 2.90. The van der Waals surface area contributed by atoms with Gasteiger partial charge in [0.25, 0.3) is 0 Å². The van der Waals surface area contributed by atoms with Crippen LogP contribution in [0.2, 0.25) is 0 Å². The molecule has 4 nitrogen and oxygen atoms in total. The van der Waals surface area contributed by atoms with Crippen LogP contribution in [0.1, 0.15) is 13.3 Å². The molecule has 4 atom stereocenters. The van der Waals surface area contributed by atoms with Crippen LogP contribution >= 0.6 is 0 Å². The van der Waals surface area contributed by atoms with Gasteiger partial charge in [-0.2, -0.15) is 0 Å². The molecule has 1 aliphatic rings. The van der Waals surface area contributed by atoms with Crippen molar-refractivity contribution in [2.45, 2.75) is 37.9 Å². The number of aliphatic hydroxyl groups is 1. The maximum absolute atomic E-state index is 9.35. The van der Waals surface area contributed by atoms with Gasteiger partial charge >= 0.3 is 0 Å². The van der Waals surface area contributed by atoms with Crippen LogP contribution in [0.15, 0.2) is 0 Å². The first-order valence-corrected chi connectivity index (χ1v) is 3.77. The summed E-state index contributed by atoms with van der Waals surface area (Å²) in [5.74, 6) is 0. The van der Waals surface area contributed by atoms with Crippen LogP contribution < -0.4 is 5.73 Å². The molecule has 0 aliphatic carbocycles. The van der Waals surface area contributed by atoms with E-state index in [1.807, 2.05) is 0 Å². The molecule has 66 valence electrons. The fourth-order valence-corrected chi connectivity index (χ4v) is 1.24. The van der Waals surface area contributed by atoms with E-state index < -0.39 is 6.10 Å². The zero-order chi connectivity index (χ0) is 8.43. The van der Waals surface area contributed by atoms with E-state index in [1.54, 1.807) is 14.0 Å². The highest BCUT2D eigenvalue weighted by Crippen LogP contribution is 2.18. The number of hydrogen-bond acceptors (Lipinski definition) is 4. The summed E-state index contributed by atoms with van der Waals surface area (Å²) in [4.78, 5) is 0. The van der Waals surface area contributed by atoms with Gasteiger partial charge in [-0.3, -0.25) is 0 Å². The number of nitrogens with two attached hydrogens (primary N) is 1. The maximum atomic E-state index is 9.35. The number of aliphatic hydroxyl groups excluding tert-OH is 1. The molecule has 0 aromatic heterocycles. The second kappa shape index (κ2) is 3.49. The molecular formula is C7H15NO3. The van der Waals surface area contributed by atoms with Gasteiger partial charge in [0.2, 0.25) is 0 Å². The Hall–Kier alpha value is -0.160. The molecule has 0 bridgehead atoms. The average Bonchev–Trinajstić information content (AvgIpc) is 1.99. The largest absolute Gasteiger partial charge is 0.389 e. The zero-order valence-corrected chi connectivity index (χ0v) is 6.86. The number of ether oxygens (including phenoxy) is 2. The van der Waals surface area contributed by atoms with Gasteiger partial charge in [0, 0.05) is 19.6 Å². The van der Waals surface area contributed by atoms with E-state index >= 15 is 0 Å². The Kier molecular flexibility index (Phi) is 2.84. The fourth-order valence-electron chi connectivity index (χ4n) is 1.24. The first-order valence-electron chi connectivity index (χ1n) is 3.77. The van der Waals surface area contributed by atoms with Crippen LogP contribution in [-0.4, -0.2) is 36.8 Å². The monoisotopic (exact) mass is 161 g/mol. The van der Waals surface area contributed by atoms with Crippen molar-refractivity contribution in [2.24, 2.45) is 5.73 Å². The molecule has 0 aromatic rings. The summed E-state index contributed by atoms with van der Waals surface area (Å²) in [5, 5.41) is 9.35. The van der Waals surface area contributed by atoms with Crippen molar-refractivity contribution in [3.05, 3.63) is 0 Å². The van der Waals surface area contributed by atoms with Crippen molar-refractivity contribution in [3.8, 4) is 0 Å². The van der Waals surface area contributed by atoms with Gasteiger partial charge in [-0.15, -0.1) is 0 Å². The second-order valence-electron chi connectivity index (χ2n) is 2.90. The van der Waals surface area contributed by atoms with Crippen molar-refractivity contribution >= 4 is 0 Å². The van der Waals surface area contributed by atoms with Crippen molar-refractivity contribution < 1.29 is 14.6 Å². The lowest BCUT2D eigenvalue weighted by Gasteiger charge is -2.35. The van der Waals surface area contributed by atoms with E-state index in [-0.39, 0.29) is 18.4 Å². The fraction of sp³-hybridized carbons (Fsp3) is 1.00. The van der Waals surface area contributed by atoms with Crippen LogP contribution in [0, 0.1) is 0 Å². The highest BCUT2D eigenvalue weighted by molar-refractivity contribution is 4.82. The Morgan fingerprint density at radius 2 is 2.27 bits per heavy atom. The Morgan fingerprint density at radius 3 is 2.73 bits per heavy atom. The lowest BCUT2D eigenvalue weighted by atomic mass is 10.0. The van der Waals surface area contributed by atoms with Crippen LogP contribution in [0.25, 0.3) is 0 Å². The standard InChI is InChI=1S/C7H15NO3/c1-4-7(9)5(8)3-6(10-2)11-4/h4-7,9H,3,8H2,1-2H3/t4-,5+,6?,7-/m1/s1. The maximum Gasteiger partial charge on any atom is 0.159 e. The third kappa shape index (κ3) is 1.90. The van der Waals surface area contributed by atoms with E-state index in [0.29, 0.717) is 6.42 Å². The van der Waals surface area contributed by atoms with Gasteiger partial charge < -0.3 is 20.3 Å². The molecule has 4 heteroatoms. The van der Waals surface area contributed by atoms with Crippen LogP contribution in [0.4, 0.5) is 0 Å². The summed E-state index contributed by atoms with van der Waals surface area (Å²) >= 11 is 0. The van der Waals surface area contributed by atoms with Gasteiger partial charge in [0.05, 0.1) is 12.2 Å². The van der Waals surface area contributed by atoms with Gasteiger partial charge in [-0.05, 0) is 6.92 Å². The smallest absolute Gasteiger partial charge is 0.159 e. The Bertz CT molecular complexity index is 119. The third-order valence-corrected chi connectivity index (χ3v) is 2.01. The summed E-state index contributed by atoms with van der Waals surface area (Å²) in [6.45, 7) is 1.79. The van der Waals surface area contributed by atoms with Gasteiger partial charge in [-0.25, -0.2) is 0 Å². The number of hydrogen-bond donors (Lipinski definition) is 2. The first kappa shape index (κ1) is 8.93. The van der Waals surface area contributed by atoms with Crippen molar-refractivity contribution in [3.63, 3.8) is 0 Å². The van der Waals surface area contributed by atoms with E-state index in [0.717, 1.165) is 0 Å². The molecule has 1 unspecified atom stereocenters. The van der Waals surface area contributed by atoms with Crippen molar-refractivity contribution in [1.82, 2.24) is 0 Å². The summed E-state index contributed by atoms with van der Waals surface area (Å²) in [5.41, 5.74) is 5.62. The lowest BCUT2D eigenvalue weighted by molar-refractivity contribution is -0.211. The highest BCUT2D eigenvalue weighted by atomic mass is 16.7. The molecule has 1 fully saturated rings. The Balaban J connectivity index is 2.47. The summed E-state index contributed by atoms with van der Waals surface area (Å²) in [7, 11) is 1.57. The minimum Gasteiger partial charge on any atom is -0.389 e. The molecule has 0 radical (unpaired) electrons. The van der Waals surface area contributed by atoms with Crippen LogP contribution in [-0.2, 0) is 9.47 Å². The van der Waals surface area contributed by atoms with Gasteiger partial charge in [0.1, 0.15) is 0 Å². The Labute approximate surface area is 66.3 Å². The molecule has 0 saturated carbocycles. The average molecular weight is 161 g/mol. The predicted molar refractivity (Wildman–Crippen MR) is 39.9 cm³/mol. The quantitative estimate of drug-likeness (QED) is 0.542. The Morgan fingerprint density at radius 1 is 1.64 bits per heavy atom. The summed E-state index contributed by atoms with van der Waals surface area (Å²) < 4.78 is 10.2. The molecule has 1 heterocycles. The van der Waals surface area contributed by atoms with Gasteiger partial charge in [0.15, 0.2) is 6.29 Å². The SMILES string of the molecule is COC1C[C@H](N)[C@H](O)[C@@H](C)O1. The van der Waals surface area contributed by atoms with E-state index in [4.69, 9.17) is 15.2 Å². The predicted octanol–water partition coefficient (Wildman–Crippen LogP) is -0.544. The zero-order valence-electron chi connectivity index (χ0n) is 6.86. The first-order chi connectivity index (χ1) is 5.15. The number of rotatable bonds is 1. The van der Waals surface area contributed by atoms with E-state index in [9.17, 15) is 5.11 Å². The van der Waals surface area contributed by atoms with Crippen LogP contribution in [0.5, 0.6) is 0 Å². The number of methoxy groups -OCH3 is 1. The normalized spacial score (nSPS) is 45.8. The lowest BCUT2D eigenvalue weighted by Crippen LogP contribution is -2.51. The topological polar surface area (TPSA) is 64.7 Å². The minimum absolute atomic E-state index is 0.233. The molecule has 1 rings (SSSR count). The molecule has 11 heavy (non-hydrogen) atoms. The highest BCUT2D eigenvalue weighted by Gasteiger charge is 2.32. The summed E-state index contributed by atoms with van der Waals surface area (Å²) in [6.07, 6.45) is -0.504. The van der Waals surface area contributed by atoms with E-state index in [1.165, 1.54) is 0 Å². The molecule has 1 saturated heterocycles. The van der Waals surface area contributed by atoms with Crippen molar-refractivity contribution in [2.75, 3.05) is 7.11 Å². The molecule has 0 aromatic carbocycles. The van der Waals surface area contributed by atoms with Crippen molar-refractivity contribution in [1.29, 1.82) is 0 Å². The minimum atomic E-state index is -0.568.